The Labute approximate surface area is 133 Å². The molecule has 3 heteroatoms. The van der Waals surface area contributed by atoms with Crippen molar-refractivity contribution in [3.63, 3.8) is 0 Å². The summed E-state index contributed by atoms with van der Waals surface area (Å²) < 4.78 is 25.1. The van der Waals surface area contributed by atoms with E-state index >= 15 is 0 Å². The first-order chi connectivity index (χ1) is 10.6. The van der Waals surface area contributed by atoms with Crippen molar-refractivity contribution >= 4 is 9.84 Å². The summed E-state index contributed by atoms with van der Waals surface area (Å²) in [5, 5.41) is 0. The molecular weight excluding hydrogens is 292 g/mol. The van der Waals surface area contributed by atoms with Crippen LogP contribution in [0, 0.1) is 5.92 Å². The van der Waals surface area contributed by atoms with Crippen molar-refractivity contribution in [2.24, 2.45) is 5.92 Å². The second kappa shape index (κ2) is 6.66. The van der Waals surface area contributed by atoms with E-state index in [0.717, 1.165) is 24.0 Å². The molecule has 2 nitrogen and oxygen atoms in total. The molecule has 0 spiro atoms. The topological polar surface area (TPSA) is 34.1 Å². The molecule has 0 amide bonds. The van der Waals surface area contributed by atoms with Crippen molar-refractivity contribution in [3.8, 4) is 11.1 Å². The van der Waals surface area contributed by atoms with Gasteiger partial charge in [0, 0.05) is 0 Å². The van der Waals surface area contributed by atoms with Crippen molar-refractivity contribution in [2.75, 3.05) is 5.75 Å². The van der Waals surface area contributed by atoms with E-state index in [0.29, 0.717) is 16.6 Å². The van der Waals surface area contributed by atoms with Crippen LogP contribution in [-0.4, -0.2) is 14.2 Å². The quantitative estimate of drug-likeness (QED) is 0.819. The first kappa shape index (κ1) is 15.3. The molecule has 1 aliphatic rings. The van der Waals surface area contributed by atoms with Crippen LogP contribution in [0.25, 0.3) is 11.1 Å². The molecule has 0 heterocycles. The van der Waals surface area contributed by atoms with Crippen molar-refractivity contribution in [1.82, 2.24) is 0 Å². The van der Waals surface area contributed by atoms with Gasteiger partial charge in [0.2, 0.25) is 0 Å². The second-order valence-electron chi connectivity index (χ2n) is 6.18. The van der Waals surface area contributed by atoms with E-state index in [-0.39, 0.29) is 0 Å². The van der Waals surface area contributed by atoms with Gasteiger partial charge in [-0.2, -0.15) is 0 Å². The third-order valence-corrected chi connectivity index (χ3v) is 6.40. The maximum atomic E-state index is 12.5. The first-order valence-corrected chi connectivity index (χ1v) is 9.69. The Balaban J connectivity index is 1.76. The van der Waals surface area contributed by atoms with Crippen LogP contribution >= 0.6 is 0 Å². The van der Waals surface area contributed by atoms with Crippen LogP contribution in [0.15, 0.2) is 59.5 Å². The summed E-state index contributed by atoms with van der Waals surface area (Å²) in [5.74, 6) is 0.644. The normalized spacial score (nSPS) is 16.5. The van der Waals surface area contributed by atoms with Crippen molar-refractivity contribution in [1.29, 1.82) is 0 Å². The second-order valence-corrected chi connectivity index (χ2v) is 8.21. The molecule has 1 saturated carbocycles. The summed E-state index contributed by atoms with van der Waals surface area (Å²) in [4.78, 5) is 0.456. The van der Waals surface area contributed by atoms with Crippen LogP contribution in [0.3, 0.4) is 0 Å². The van der Waals surface area contributed by atoms with Crippen LogP contribution < -0.4 is 0 Å². The molecule has 0 aromatic heterocycles. The summed E-state index contributed by atoms with van der Waals surface area (Å²) >= 11 is 0. The maximum absolute atomic E-state index is 12.5. The van der Waals surface area contributed by atoms with Gasteiger partial charge in [-0.05, 0) is 42.0 Å². The van der Waals surface area contributed by atoms with Gasteiger partial charge in [0.1, 0.15) is 0 Å². The molecule has 2 aromatic rings. The Morgan fingerprint density at radius 1 is 0.773 bits per heavy atom. The minimum Gasteiger partial charge on any atom is -0.224 e. The molecule has 1 fully saturated rings. The van der Waals surface area contributed by atoms with Crippen molar-refractivity contribution in [3.05, 3.63) is 54.6 Å². The molecule has 0 unspecified atom stereocenters. The summed E-state index contributed by atoms with van der Waals surface area (Å²) in [6, 6.07) is 17.3. The molecule has 22 heavy (non-hydrogen) atoms. The lowest BCUT2D eigenvalue weighted by Gasteiger charge is -2.21. The Bertz CT molecular complexity index is 697. The van der Waals surface area contributed by atoms with E-state index in [1.54, 1.807) is 12.1 Å². The van der Waals surface area contributed by atoms with E-state index in [1.807, 2.05) is 42.5 Å². The minimum atomic E-state index is -3.16. The number of benzene rings is 2. The molecule has 0 radical (unpaired) electrons. The molecule has 0 bridgehead atoms. The molecule has 0 aliphatic heterocycles. The Hall–Kier alpha value is -1.61. The smallest absolute Gasteiger partial charge is 0.178 e. The molecule has 0 atom stereocenters. The number of hydrogen-bond acceptors (Lipinski definition) is 2. The molecule has 2 aromatic carbocycles. The van der Waals surface area contributed by atoms with E-state index in [4.69, 9.17) is 0 Å². The number of rotatable bonds is 4. The van der Waals surface area contributed by atoms with Crippen molar-refractivity contribution in [2.45, 2.75) is 37.0 Å². The van der Waals surface area contributed by atoms with E-state index in [9.17, 15) is 8.42 Å². The minimum absolute atomic E-state index is 0.303. The fourth-order valence-electron chi connectivity index (χ4n) is 3.25. The van der Waals surface area contributed by atoms with Gasteiger partial charge in [-0.1, -0.05) is 61.7 Å². The third-order valence-electron chi connectivity index (χ3n) is 4.50. The SMILES string of the molecule is O=S(=O)(CC1CCCCC1)c1ccc(-c2ccccc2)cc1. The molecule has 1 aliphatic carbocycles. The zero-order valence-electron chi connectivity index (χ0n) is 12.7. The monoisotopic (exact) mass is 314 g/mol. The van der Waals surface area contributed by atoms with E-state index < -0.39 is 9.84 Å². The van der Waals surface area contributed by atoms with Crippen LogP contribution in [0.5, 0.6) is 0 Å². The largest absolute Gasteiger partial charge is 0.224 e. The van der Waals surface area contributed by atoms with Gasteiger partial charge in [0.25, 0.3) is 0 Å². The van der Waals surface area contributed by atoms with Gasteiger partial charge in [0.15, 0.2) is 9.84 Å². The summed E-state index contributed by atoms with van der Waals surface area (Å²) in [7, 11) is -3.16. The zero-order chi connectivity index (χ0) is 15.4. The van der Waals surface area contributed by atoms with Gasteiger partial charge in [-0.25, -0.2) is 8.42 Å². The van der Waals surface area contributed by atoms with Crippen LogP contribution in [0.1, 0.15) is 32.1 Å². The van der Waals surface area contributed by atoms with Crippen molar-refractivity contribution < 1.29 is 8.42 Å². The van der Waals surface area contributed by atoms with Crippen LogP contribution in [-0.2, 0) is 9.84 Å². The highest BCUT2D eigenvalue weighted by Gasteiger charge is 2.22. The molecule has 116 valence electrons. The standard InChI is InChI=1S/C19H22O2S/c20-22(21,15-16-7-3-1-4-8-16)19-13-11-18(12-14-19)17-9-5-2-6-10-17/h2,5-6,9-14,16H,1,3-4,7-8,15H2. The van der Waals surface area contributed by atoms with Gasteiger partial charge < -0.3 is 0 Å². The van der Waals surface area contributed by atoms with Gasteiger partial charge in [0.05, 0.1) is 10.6 Å². The third kappa shape index (κ3) is 3.58. The van der Waals surface area contributed by atoms with E-state index in [2.05, 4.69) is 0 Å². The predicted octanol–water partition coefficient (Wildman–Crippen LogP) is 4.71. The highest BCUT2D eigenvalue weighted by Crippen LogP contribution is 2.28. The molecule has 0 N–H and O–H groups in total. The lowest BCUT2D eigenvalue weighted by Crippen LogP contribution is -2.18. The average molecular weight is 314 g/mol. The molecular formula is C19H22O2S. The molecule has 3 rings (SSSR count). The fraction of sp³-hybridized carbons (Fsp3) is 0.368. The van der Waals surface area contributed by atoms with Gasteiger partial charge in [-0.3, -0.25) is 0 Å². The summed E-state index contributed by atoms with van der Waals surface area (Å²) in [5.41, 5.74) is 2.16. The van der Waals surface area contributed by atoms with Gasteiger partial charge in [-0.15, -0.1) is 0 Å². The predicted molar refractivity (Wildman–Crippen MR) is 90.5 cm³/mol. The summed E-state index contributed by atoms with van der Waals surface area (Å²) in [6.07, 6.45) is 5.71. The van der Waals surface area contributed by atoms with Crippen LogP contribution in [0.2, 0.25) is 0 Å². The Morgan fingerprint density at radius 2 is 1.36 bits per heavy atom. The number of sulfone groups is 1. The Morgan fingerprint density at radius 3 is 2.00 bits per heavy atom. The number of hydrogen-bond donors (Lipinski definition) is 0. The fourth-order valence-corrected chi connectivity index (χ4v) is 4.94. The highest BCUT2D eigenvalue weighted by molar-refractivity contribution is 7.91. The molecule has 0 saturated heterocycles. The first-order valence-electron chi connectivity index (χ1n) is 8.03. The Kier molecular flexibility index (Phi) is 4.63. The van der Waals surface area contributed by atoms with E-state index in [1.165, 1.54) is 19.3 Å². The summed E-state index contributed by atoms with van der Waals surface area (Å²) in [6.45, 7) is 0. The lowest BCUT2D eigenvalue weighted by atomic mass is 9.91. The maximum Gasteiger partial charge on any atom is 0.178 e. The lowest BCUT2D eigenvalue weighted by molar-refractivity contribution is 0.385. The van der Waals surface area contributed by atoms with Gasteiger partial charge >= 0.3 is 0 Å². The van der Waals surface area contributed by atoms with Crippen LogP contribution in [0.4, 0.5) is 0 Å². The average Bonchev–Trinajstić information content (AvgIpc) is 2.56. The zero-order valence-corrected chi connectivity index (χ0v) is 13.6. The highest BCUT2D eigenvalue weighted by atomic mass is 32.2.